The number of hydrogen-bond acceptors (Lipinski definition) is 2. The summed E-state index contributed by atoms with van der Waals surface area (Å²) in [7, 11) is 0. The summed E-state index contributed by atoms with van der Waals surface area (Å²) in [4.78, 5) is 2.19. The topological polar surface area (TPSA) is 29.3 Å². The van der Waals surface area contributed by atoms with Crippen molar-refractivity contribution in [3.63, 3.8) is 0 Å². The van der Waals surface area contributed by atoms with Gasteiger partial charge in [0.15, 0.2) is 0 Å². The van der Waals surface area contributed by atoms with Crippen LogP contribution in [-0.4, -0.2) is 24.0 Å². The van der Waals surface area contributed by atoms with Crippen molar-refractivity contribution < 1.29 is 4.39 Å². The van der Waals surface area contributed by atoms with Crippen LogP contribution in [0.25, 0.3) is 5.70 Å². The molecule has 1 aliphatic heterocycles. The highest BCUT2D eigenvalue weighted by atomic mass is 19.1. The molecule has 1 aromatic carbocycles. The Bertz CT molecular complexity index is 420. The van der Waals surface area contributed by atoms with E-state index in [0.29, 0.717) is 11.6 Å². The molecule has 1 saturated heterocycles. The molecule has 0 unspecified atom stereocenters. The van der Waals surface area contributed by atoms with Crippen molar-refractivity contribution in [3.8, 4) is 0 Å². The second-order valence-corrected chi connectivity index (χ2v) is 4.74. The number of likely N-dealkylation sites (tertiary alicyclic amines) is 1. The first-order valence-electron chi connectivity index (χ1n) is 6.04. The monoisotopic (exact) mass is 234 g/mol. The summed E-state index contributed by atoms with van der Waals surface area (Å²) in [6.07, 6.45) is 1.96. The molecule has 1 heterocycles. The second kappa shape index (κ2) is 4.88. The molecule has 92 valence electrons. The molecule has 2 N–H and O–H groups in total. The Labute approximate surface area is 102 Å². The maximum Gasteiger partial charge on any atom is 0.126 e. The van der Waals surface area contributed by atoms with Crippen LogP contribution in [0.3, 0.4) is 0 Å². The van der Waals surface area contributed by atoms with Crippen LogP contribution in [0.2, 0.25) is 0 Å². The summed E-state index contributed by atoms with van der Waals surface area (Å²) in [6.45, 7) is 7.65. The van der Waals surface area contributed by atoms with E-state index >= 15 is 0 Å². The van der Waals surface area contributed by atoms with Crippen LogP contribution in [0.15, 0.2) is 24.8 Å². The number of nitrogens with two attached hydrogens (primary N) is 1. The molecule has 0 aliphatic carbocycles. The molecular formula is C14H19FN2. The van der Waals surface area contributed by atoms with Crippen molar-refractivity contribution in [2.45, 2.75) is 25.8 Å². The molecule has 2 rings (SSSR count). The van der Waals surface area contributed by atoms with Gasteiger partial charge in [0.05, 0.1) is 0 Å². The largest absolute Gasteiger partial charge is 0.371 e. The minimum absolute atomic E-state index is 0.169. The van der Waals surface area contributed by atoms with Gasteiger partial charge in [0.2, 0.25) is 0 Å². The third kappa shape index (κ3) is 2.67. The molecule has 1 fully saturated rings. The van der Waals surface area contributed by atoms with Gasteiger partial charge in [-0.25, -0.2) is 4.39 Å². The molecule has 1 aliphatic rings. The van der Waals surface area contributed by atoms with Crippen LogP contribution in [0.1, 0.15) is 24.0 Å². The van der Waals surface area contributed by atoms with E-state index in [1.54, 1.807) is 19.1 Å². The Morgan fingerprint density at radius 2 is 2.06 bits per heavy atom. The minimum Gasteiger partial charge on any atom is -0.371 e. The Morgan fingerprint density at radius 3 is 2.65 bits per heavy atom. The van der Waals surface area contributed by atoms with E-state index in [1.165, 1.54) is 0 Å². The maximum absolute atomic E-state index is 13.5. The number of piperidine rings is 1. The lowest BCUT2D eigenvalue weighted by Crippen LogP contribution is -2.38. The fourth-order valence-electron chi connectivity index (χ4n) is 2.12. The van der Waals surface area contributed by atoms with E-state index in [9.17, 15) is 4.39 Å². The van der Waals surface area contributed by atoms with Crippen molar-refractivity contribution in [1.29, 1.82) is 0 Å². The van der Waals surface area contributed by atoms with Crippen LogP contribution in [0.5, 0.6) is 0 Å². The Balaban J connectivity index is 2.11. The molecule has 0 bridgehead atoms. The first kappa shape index (κ1) is 12.1. The Hall–Kier alpha value is -1.35. The van der Waals surface area contributed by atoms with Gasteiger partial charge >= 0.3 is 0 Å². The highest BCUT2D eigenvalue weighted by Gasteiger charge is 2.18. The molecule has 0 amide bonds. The summed E-state index contributed by atoms with van der Waals surface area (Å²) in [5.74, 6) is -0.169. The lowest BCUT2D eigenvalue weighted by molar-refractivity contribution is 0.300. The fraction of sp³-hybridized carbons (Fsp3) is 0.429. The summed E-state index contributed by atoms with van der Waals surface area (Å²) in [5, 5.41) is 0. The molecule has 2 nitrogen and oxygen atoms in total. The molecule has 0 saturated carbocycles. The standard InChI is InChI=1S/C14H19FN2/c1-10-3-4-12(9-14(10)15)11(2)17-7-5-13(16)6-8-17/h3-4,9,13H,2,5-8,16H2,1H3. The van der Waals surface area contributed by atoms with Crippen LogP contribution >= 0.6 is 0 Å². The van der Waals surface area contributed by atoms with E-state index < -0.39 is 0 Å². The smallest absolute Gasteiger partial charge is 0.126 e. The number of hydrogen-bond donors (Lipinski definition) is 1. The first-order chi connectivity index (χ1) is 8.08. The van der Waals surface area contributed by atoms with Crippen molar-refractivity contribution in [2.24, 2.45) is 5.73 Å². The fourth-order valence-corrected chi connectivity index (χ4v) is 2.12. The zero-order valence-electron chi connectivity index (χ0n) is 10.2. The van der Waals surface area contributed by atoms with Crippen LogP contribution in [0.4, 0.5) is 4.39 Å². The van der Waals surface area contributed by atoms with Crippen LogP contribution in [0, 0.1) is 12.7 Å². The van der Waals surface area contributed by atoms with Gasteiger partial charge in [0, 0.05) is 30.4 Å². The predicted molar refractivity (Wildman–Crippen MR) is 69.0 cm³/mol. The zero-order chi connectivity index (χ0) is 12.4. The third-order valence-electron chi connectivity index (χ3n) is 3.43. The molecule has 0 aromatic heterocycles. The average Bonchev–Trinajstić information content (AvgIpc) is 2.33. The summed E-state index contributed by atoms with van der Waals surface area (Å²) in [5.41, 5.74) is 8.30. The lowest BCUT2D eigenvalue weighted by atomic mass is 10.0. The van der Waals surface area contributed by atoms with Crippen molar-refractivity contribution in [1.82, 2.24) is 4.90 Å². The van der Waals surface area contributed by atoms with Gasteiger partial charge in [0.1, 0.15) is 5.82 Å². The number of nitrogens with zero attached hydrogens (tertiary/aromatic N) is 1. The second-order valence-electron chi connectivity index (χ2n) is 4.74. The average molecular weight is 234 g/mol. The highest BCUT2D eigenvalue weighted by molar-refractivity contribution is 5.62. The van der Waals surface area contributed by atoms with Gasteiger partial charge in [-0.05, 0) is 31.4 Å². The molecule has 3 heteroatoms. The molecule has 0 spiro atoms. The summed E-state index contributed by atoms with van der Waals surface area (Å²) >= 11 is 0. The summed E-state index contributed by atoms with van der Waals surface area (Å²) in [6, 6.07) is 5.58. The van der Waals surface area contributed by atoms with Crippen molar-refractivity contribution in [2.75, 3.05) is 13.1 Å². The van der Waals surface area contributed by atoms with Gasteiger partial charge in [-0.3, -0.25) is 0 Å². The molecule has 0 radical (unpaired) electrons. The van der Waals surface area contributed by atoms with E-state index in [2.05, 4.69) is 11.5 Å². The van der Waals surface area contributed by atoms with Gasteiger partial charge in [0.25, 0.3) is 0 Å². The van der Waals surface area contributed by atoms with Crippen molar-refractivity contribution >= 4 is 5.70 Å². The first-order valence-corrected chi connectivity index (χ1v) is 6.04. The van der Waals surface area contributed by atoms with E-state index in [0.717, 1.165) is 37.2 Å². The number of aryl methyl sites for hydroxylation is 1. The SMILES string of the molecule is C=C(c1ccc(C)c(F)c1)N1CCC(N)CC1. The van der Waals surface area contributed by atoms with Gasteiger partial charge in [-0.1, -0.05) is 18.7 Å². The number of rotatable bonds is 2. The lowest BCUT2D eigenvalue weighted by Gasteiger charge is -2.33. The molecule has 17 heavy (non-hydrogen) atoms. The van der Waals surface area contributed by atoms with Gasteiger partial charge in [-0.2, -0.15) is 0 Å². The number of benzene rings is 1. The maximum atomic E-state index is 13.5. The van der Waals surface area contributed by atoms with E-state index in [1.807, 2.05) is 6.07 Å². The minimum atomic E-state index is -0.169. The third-order valence-corrected chi connectivity index (χ3v) is 3.43. The van der Waals surface area contributed by atoms with Gasteiger partial charge < -0.3 is 10.6 Å². The number of halogens is 1. The van der Waals surface area contributed by atoms with Crippen LogP contribution in [-0.2, 0) is 0 Å². The van der Waals surface area contributed by atoms with E-state index in [-0.39, 0.29) is 5.82 Å². The van der Waals surface area contributed by atoms with Gasteiger partial charge in [-0.15, -0.1) is 0 Å². The van der Waals surface area contributed by atoms with E-state index in [4.69, 9.17) is 5.73 Å². The Kier molecular flexibility index (Phi) is 3.48. The Morgan fingerprint density at radius 1 is 1.41 bits per heavy atom. The molecule has 0 atom stereocenters. The normalized spacial score (nSPS) is 17.2. The zero-order valence-corrected chi connectivity index (χ0v) is 10.2. The molecule has 1 aromatic rings. The predicted octanol–water partition coefficient (Wildman–Crippen LogP) is 2.53. The van der Waals surface area contributed by atoms with Crippen molar-refractivity contribution in [3.05, 3.63) is 41.7 Å². The quantitative estimate of drug-likeness (QED) is 0.852. The summed E-state index contributed by atoms with van der Waals surface area (Å²) < 4.78 is 13.5. The van der Waals surface area contributed by atoms with Crippen LogP contribution < -0.4 is 5.73 Å². The molecular weight excluding hydrogens is 215 g/mol. The highest BCUT2D eigenvalue weighted by Crippen LogP contribution is 2.23.